The van der Waals surface area contributed by atoms with Gasteiger partial charge in [-0.15, -0.1) is 0 Å². The second-order valence-corrected chi connectivity index (χ2v) is 2.70. The minimum absolute atomic E-state index is 0.347. The number of hydrogen-bond acceptors (Lipinski definition) is 4. The molecule has 1 aromatic rings. The zero-order chi connectivity index (χ0) is 9.10. The summed E-state index contributed by atoms with van der Waals surface area (Å²) in [6.45, 7) is 0. The number of rotatable bonds is 1. The minimum atomic E-state index is -0.347. The van der Waals surface area contributed by atoms with Crippen molar-refractivity contribution in [3.05, 3.63) is 42.4 Å². The van der Waals surface area contributed by atoms with Crippen LogP contribution in [0.3, 0.4) is 0 Å². The molecule has 13 heavy (non-hydrogen) atoms. The van der Waals surface area contributed by atoms with Gasteiger partial charge in [0, 0.05) is 24.2 Å². The topological polar surface area (TPSA) is 63.3 Å². The number of nitrogens with zero attached hydrogens (tertiary/aromatic N) is 2. The number of aliphatic imine (C=N–C) groups is 1. The Morgan fingerprint density at radius 3 is 3.08 bits per heavy atom. The fourth-order valence-corrected chi connectivity index (χ4v) is 1.14. The Morgan fingerprint density at radius 2 is 2.38 bits per heavy atom. The van der Waals surface area contributed by atoms with Crippen LogP contribution in [-0.2, 0) is 0 Å². The van der Waals surface area contributed by atoms with Gasteiger partial charge in [-0.05, 0) is 18.2 Å². The van der Waals surface area contributed by atoms with Crippen molar-refractivity contribution in [1.29, 1.82) is 0 Å². The molecule has 3 N–H and O–H groups in total. The highest BCUT2D eigenvalue weighted by atomic mass is 15.2. The normalized spacial score (nSPS) is 20.7. The Morgan fingerprint density at radius 1 is 1.46 bits per heavy atom. The van der Waals surface area contributed by atoms with Gasteiger partial charge in [-0.3, -0.25) is 10.7 Å². The first-order valence-corrected chi connectivity index (χ1v) is 4.02. The van der Waals surface area contributed by atoms with Crippen LogP contribution in [0.1, 0.15) is 5.56 Å². The molecular formula is C9H10N4. The molecule has 0 saturated heterocycles. The van der Waals surface area contributed by atoms with Crippen LogP contribution in [-0.4, -0.2) is 17.0 Å². The van der Waals surface area contributed by atoms with Crippen LogP contribution >= 0.6 is 0 Å². The van der Waals surface area contributed by atoms with Crippen molar-refractivity contribution in [3.63, 3.8) is 0 Å². The van der Waals surface area contributed by atoms with Crippen LogP contribution in [0, 0.1) is 0 Å². The Kier molecular flexibility index (Phi) is 2.06. The van der Waals surface area contributed by atoms with Crippen molar-refractivity contribution in [2.45, 2.75) is 6.29 Å². The monoisotopic (exact) mass is 174 g/mol. The smallest absolute Gasteiger partial charge is 0.171 e. The molecule has 0 fully saturated rings. The highest BCUT2D eigenvalue weighted by Gasteiger charge is 2.05. The van der Waals surface area contributed by atoms with Crippen LogP contribution in [0.15, 0.2) is 41.8 Å². The van der Waals surface area contributed by atoms with Gasteiger partial charge in [-0.2, -0.15) is 0 Å². The van der Waals surface area contributed by atoms with E-state index >= 15 is 0 Å². The highest BCUT2D eigenvalue weighted by molar-refractivity contribution is 6.08. The number of nitrogens with one attached hydrogen (secondary N) is 1. The quantitative estimate of drug-likeness (QED) is 0.640. The number of hydrogen-bond donors (Lipinski definition) is 2. The second kappa shape index (κ2) is 3.37. The van der Waals surface area contributed by atoms with E-state index in [9.17, 15) is 0 Å². The lowest BCUT2D eigenvalue weighted by Crippen LogP contribution is -2.35. The van der Waals surface area contributed by atoms with E-state index in [-0.39, 0.29) is 6.29 Å². The third-order valence-corrected chi connectivity index (χ3v) is 1.74. The van der Waals surface area contributed by atoms with E-state index in [1.54, 1.807) is 18.6 Å². The fraction of sp³-hybridized carbons (Fsp3) is 0.111. The van der Waals surface area contributed by atoms with Gasteiger partial charge in [0.05, 0.1) is 5.71 Å². The summed E-state index contributed by atoms with van der Waals surface area (Å²) in [4.78, 5) is 8.22. The Bertz CT molecular complexity index is 342. The largest absolute Gasteiger partial charge is 0.358 e. The maximum atomic E-state index is 5.59. The van der Waals surface area contributed by atoms with Crippen LogP contribution in [0.5, 0.6) is 0 Å². The first-order valence-electron chi connectivity index (χ1n) is 4.02. The van der Waals surface area contributed by atoms with Gasteiger partial charge in [-0.25, -0.2) is 4.99 Å². The predicted octanol–water partition coefficient (Wildman–Crippen LogP) is 0.230. The maximum Gasteiger partial charge on any atom is 0.171 e. The average molecular weight is 174 g/mol. The van der Waals surface area contributed by atoms with Crippen molar-refractivity contribution in [2.75, 3.05) is 0 Å². The first kappa shape index (κ1) is 7.94. The average Bonchev–Trinajstić information content (AvgIpc) is 2.19. The summed E-state index contributed by atoms with van der Waals surface area (Å²) >= 11 is 0. The third-order valence-electron chi connectivity index (χ3n) is 1.74. The van der Waals surface area contributed by atoms with Crippen LogP contribution in [0.2, 0.25) is 0 Å². The van der Waals surface area contributed by atoms with Crippen LogP contribution in [0.4, 0.5) is 0 Å². The second-order valence-electron chi connectivity index (χ2n) is 2.70. The summed E-state index contributed by atoms with van der Waals surface area (Å²) in [6.07, 6.45) is 6.82. The zero-order valence-electron chi connectivity index (χ0n) is 7.01. The van der Waals surface area contributed by atoms with Crippen LogP contribution in [0.25, 0.3) is 0 Å². The van der Waals surface area contributed by atoms with E-state index in [2.05, 4.69) is 15.3 Å². The first-order chi connectivity index (χ1) is 6.36. The predicted molar refractivity (Wildman–Crippen MR) is 51.0 cm³/mol. The lowest BCUT2D eigenvalue weighted by Gasteiger charge is -2.13. The highest BCUT2D eigenvalue weighted by Crippen LogP contribution is 2.03. The molecule has 1 unspecified atom stereocenters. The van der Waals surface area contributed by atoms with Crippen molar-refractivity contribution >= 4 is 5.71 Å². The molecule has 0 amide bonds. The minimum Gasteiger partial charge on any atom is -0.358 e. The van der Waals surface area contributed by atoms with Gasteiger partial charge in [0.1, 0.15) is 0 Å². The van der Waals surface area contributed by atoms with Gasteiger partial charge < -0.3 is 5.32 Å². The lowest BCUT2D eigenvalue weighted by molar-refractivity contribution is 0.636. The molecule has 4 heteroatoms. The molecule has 1 aliphatic rings. The van der Waals surface area contributed by atoms with E-state index in [0.717, 1.165) is 11.3 Å². The van der Waals surface area contributed by atoms with Gasteiger partial charge in [0.2, 0.25) is 0 Å². The van der Waals surface area contributed by atoms with E-state index in [4.69, 9.17) is 5.73 Å². The van der Waals surface area contributed by atoms with E-state index in [1.165, 1.54) is 0 Å². The summed E-state index contributed by atoms with van der Waals surface area (Å²) < 4.78 is 0. The molecule has 0 spiro atoms. The van der Waals surface area contributed by atoms with E-state index in [0.29, 0.717) is 0 Å². The lowest BCUT2D eigenvalue weighted by atomic mass is 10.1. The van der Waals surface area contributed by atoms with Gasteiger partial charge in [-0.1, -0.05) is 0 Å². The maximum absolute atomic E-state index is 5.59. The van der Waals surface area contributed by atoms with Crippen molar-refractivity contribution in [1.82, 2.24) is 10.3 Å². The third kappa shape index (κ3) is 1.73. The zero-order valence-corrected chi connectivity index (χ0v) is 7.01. The molecule has 0 aromatic carbocycles. The molecule has 4 nitrogen and oxygen atoms in total. The number of pyridine rings is 1. The molecule has 1 atom stereocenters. The molecular weight excluding hydrogens is 164 g/mol. The summed E-state index contributed by atoms with van der Waals surface area (Å²) in [7, 11) is 0. The molecule has 1 aromatic heterocycles. The molecule has 0 bridgehead atoms. The number of allylic oxidation sites excluding steroid dienone is 1. The number of aromatic nitrogens is 1. The van der Waals surface area contributed by atoms with Crippen molar-refractivity contribution in [3.8, 4) is 0 Å². The molecule has 0 saturated carbocycles. The molecule has 1 aliphatic heterocycles. The van der Waals surface area contributed by atoms with Crippen molar-refractivity contribution in [2.24, 2.45) is 10.7 Å². The van der Waals surface area contributed by atoms with Gasteiger partial charge in [0.25, 0.3) is 0 Å². The van der Waals surface area contributed by atoms with Crippen molar-refractivity contribution < 1.29 is 0 Å². The molecule has 2 heterocycles. The fourth-order valence-electron chi connectivity index (χ4n) is 1.14. The Balaban J connectivity index is 2.32. The Labute approximate surface area is 76.2 Å². The van der Waals surface area contributed by atoms with E-state index < -0.39 is 0 Å². The van der Waals surface area contributed by atoms with E-state index in [1.807, 2.05) is 18.2 Å². The molecule has 2 rings (SSSR count). The summed E-state index contributed by atoms with van der Waals surface area (Å²) in [5.74, 6) is 0. The summed E-state index contributed by atoms with van der Waals surface area (Å²) in [5, 5.41) is 2.87. The molecule has 66 valence electrons. The molecule has 0 aliphatic carbocycles. The van der Waals surface area contributed by atoms with Gasteiger partial charge >= 0.3 is 0 Å². The molecule has 0 radical (unpaired) electrons. The summed E-state index contributed by atoms with van der Waals surface area (Å²) in [5.41, 5.74) is 7.43. The SMILES string of the molecule is NC1N=C(c2cccnc2)C=CN1. The standard InChI is InChI=1S/C9H10N4/c10-9-12-5-3-8(13-9)7-2-1-4-11-6-7/h1-6,9,12H,10H2. The number of nitrogens with two attached hydrogens (primary N) is 1. The van der Waals surface area contributed by atoms with Gasteiger partial charge in [0.15, 0.2) is 6.29 Å². The Hall–Kier alpha value is -1.68. The van der Waals surface area contributed by atoms with Crippen LogP contribution < -0.4 is 11.1 Å². The summed E-state index contributed by atoms with van der Waals surface area (Å²) in [6, 6.07) is 3.83.